The maximum atomic E-state index is 11.9. The molecule has 1 amide bonds. The molecular formula is C15H15N3O6S. The van der Waals surface area contributed by atoms with Crippen LogP contribution in [0.25, 0.3) is 0 Å². The van der Waals surface area contributed by atoms with E-state index in [1.54, 1.807) is 19.9 Å². The Hall–Kier alpha value is -3.01. The fourth-order valence-electron chi connectivity index (χ4n) is 1.89. The molecule has 0 saturated carbocycles. The molecule has 0 bridgehead atoms. The lowest BCUT2D eigenvalue weighted by molar-refractivity contribution is -0.390. The molecule has 0 aromatic carbocycles. The molecule has 0 radical (unpaired) electrons. The van der Waals surface area contributed by atoms with Crippen molar-refractivity contribution in [2.24, 2.45) is 0 Å². The zero-order valence-electron chi connectivity index (χ0n) is 13.5. The van der Waals surface area contributed by atoms with Crippen molar-refractivity contribution in [2.45, 2.75) is 13.8 Å². The van der Waals surface area contributed by atoms with Crippen molar-refractivity contribution in [3.05, 3.63) is 45.0 Å². The molecule has 2 heterocycles. The summed E-state index contributed by atoms with van der Waals surface area (Å²) in [5, 5.41) is 13.9. The standard InChI is InChI=1S/C15H15N3O6S/c1-3-23-15(20)13-9(2)7-12(25-13)17-11(19)8-24-10-5-4-6-16-14(10)18(21)22/h4-7H,3,8H2,1-2H3,(H,17,19). The van der Waals surface area contributed by atoms with Gasteiger partial charge in [-0.25, -0.2) is 4.79 Å². The highest BCUT2D eigenvalue weighted by atomic mass is 32.1. The summed E-state index contributed by atoms with van der Waals surface area (Å²) in [7, 11) is 0. The number of amides is 1. The van der Waals surface area contributed by atoms with Gasteiger partial charge < -0.3 is 24.9 Å². The number of nitrogens with zero attached hydrogens (tertiary/aromatic N) is 2. The number of aryl methyl sites for hydroxylation is 1. The van der Waals surface area contributed by atoms with Gasteiger partial charge in [-0.15, -0.1) is 11.3 Å². The molecule has 25 heavy (non-hydrogen) atoms. The van der Waals surface area contributed by atoms with E-state index < -0.39 is 29.2 Å². The third-order valence-corrected chi connectivity index (χ3v) is 4.06. The van der Waals surface area contributed by atoms with Gasteiger partial charge in [-0.2, -0.15) is 0 Å². The first-order valence-electron chi connectivity index (χ1n) is 7.22. The predicted octanol–water partition coefficient (Wildman–Crippen LogP) is 2.55. The summed E-state index contributed by atoms with van der Waals surface area (Å²) in [5.74, 6) is -1.54. The summed E-state index contributed by atoms with van der Waals surface area (Å²) in [6.07, 6.45) is 1.26. The molecule has 0 fully saturated rings. The molecular weight excluding hydrogens is 350 g/mol. The Balaban J connectivity index is 1.98. The molecule has 9 nitrogen and oxygen atoms in total. The molecule has 2 rings (SSSR count). The van der Waals surface area contributed by atoms with Gasteiger partial charge >= 0.3 is 11.8 Å². The van der Waals surface area contributed by atoms with E-state index in [-0.39, 0.29) is 12.4 Å². The van der Waals surface area contributed by atoms with Crippen molar-refractivity contribution in [1.29, 1.82) is 0 Å². The van der Waals surface area contributed by atoms with Gasteiger partial charge in [0.15, 0.2) is 6.61 Å². The van der Waals surface area contributed by atoms with Crippen LogP contribution in [0.2, 0.25) is 0 Å². The van der Waals surface area contributed by atoms with Crippen LogP contribution in [-0.2, 0) is 9.53 Å². The smallest absolute Gasteiger partial charge is 0.406 e. The molecule has 0 unspecified atom stereocenters. The average molecular weight is 365 g/mol. The summed E-state index contributed by atoms with van der Waals surface area (Å²) in [4.78, 5) is 37.8. The van der Waals surface area contributed by atoms with Crippen LogP contribution in [0, 0.1) is 17.0 Å². The number of hydrogen-bond acceptors (Lipinski definition) is 8. The molecule has 2 aromatic rings. The first-order chi connectivity index (χ1) is 11.9. The quantitative estimate of drug-likeness (QED) is 0.455. The minimum atomic E-state index is -0.693. The molecule has 0 aliphatic heterocycles. The summed E-state index contributed by atoms with van der Waals surface area (Å²) in [6.45, 7) is 3.26. The number of pyridine rings is 1. The Morgan fingerprint density at radius 3 is 2.88 bits per heavy atom. The van der Waals surface area contributed by atoms with Gasteiger partial charge in [0.05, 0.1) is 11.6 Å². The molecule has 0 spiro atoms. The number of ether oxygens (including phenoxy) is 2. The second-order valence-corrected chi connectivity index (χ2v) is 5.81. The Labute approximate surface area is 146 Å². The minimum absolute atomic E-state index is 0.0998. The Morgan fingerprint density at radius 1 is 1.44 bits per heavy atom. The van der Waals surface area contributed by atoms with Crippen molar-refractivity contribution < 1.29 is 24.0 Å². The summed E-state index contributed by atoms with van der Waals surface area (Å²) < 4.78 is 10.1. The zero-order valence-corrected chi connectivity index (χ0v) is 14.3. The van der Waals surface area contributed by atoms with E-state index in [0.29, 0.717) is 15.4 Å². The highest BCUT2D eigenvalue weighted by Gasteiger charge is 2.18. The number of rotatable bonds is 7. The van der Waals surface area contributed by atoms with Crippen LogP contribution >= 0.6 is 11.3 Å². The number of nitro groups is 1. The predicted molar refractivity (Wildman–Crippen MR) is 90.0 cm³/mol. The Morgan fingerprint density at radius 2 is 2.20 bits per heavy atom. The Kier molecular flexibility index (Phi) is 6.01. The lowest BCUT2D eigenvalue weighted by Crippen LogP contribution is -2.20. The number of esters is 1. The minimum Gasteiger partial charge on any atom is -0.476 e. The van der Waals surface area contributed by atoms with Gasteiger partial charge in [-0.3, -0.25) is 4.79 Å². The molecule has 1 N–H and O–H groups in total. The van der Waals surface area contributed by atoms with E-state index in [2.05, 4.69) is 10.3 Å². The topological polar surface area (TPSA) is 121 Å². The van der Waals surface area contributed by atoms with Crippen LogP contribution in [0.4, 0.5) is 10.8 Å². The van der Waals surface area contributed by atoms with Crippen molar-refractivity contribution in [3.63, 3.8) is 0 Å². The van der Waals surface area contributed by atoms with E-state index in [1.165, 1.54) is 18.3 Å². The normalized spacial score (nSPS) is 10.2. The number of nitrogens with one attached hydrogen (secondary N) is 1. The van der Waals surface area contributed by atoms with Gasteiger partial charge in [0.25, 0.3) is 5.91 Å². The second kappa shape index (κ2) is 8.20. The third kappa shape index (κ3) is 4.73. The number of hydrogen-bond donors (Lipinski definition) is 1. The van der Waals surface area contributed by atoms with Crippen LogP contribution in [0.5, 0.6) is 5.75 Å². The lowest BCUT2D eigenvalue weighted by atomic mass is 10.3. The largest absolute Gasteiger partial charge is 0.476 e. The van der Waals surface area contributed by atoms with E-state index in [1.807, 2.05) is 0 Å². The van der Waals surface area contributed by atoms with Crippen LogP contribution in [0.1, 0.15) is 22.2 Å². The van der Waals surface area contributed by atoms with Gasteiger partial charge in [0, 0.05) is 0 Å². The summed E-state index contributed by atoms with van der Waals surface area (Å²) in [5.41, 5.74) is 0.683. The molecule has 132 valence electrons. The summed E-state index contributed by atoms with van der Waals surface area (Å²) >= 11 is 1.08. The van der Waals surface area contributed by atoms with Gasteiger partial charge in [0.1, 0.15) is 11.1 Å². The number of carbonyl (C=O) groups excluding carboxylic acids is 2. The maximum Gasteiger partial charge on any atom is 0.406 e. The van der Waals surface area contributed by atoms with E-state index >= 15 is 0 Å². The van der Waals surface area contributed by atoms with Gasteiger partial charge in [-0.1, -0.05) is 0 Å². The van der Waals surface area contributed by atoms with Crippen molar-refractivity contribution in [3.8, 4) is 5.75 Å². The number of anilines is 1. The first-order valence-corrected chi connectivity index (χ1v) is 8.03. The molecule has 0 aliphatic rings. The van der Waals surface area contributed by atoms with E-state index in [4.69, 9.17) is 9.47 Å². The van der Waals surface area contributed by atoms with Gasteiger partial charge in [-0.05, 0) is 47.5 Å². The molecule has 0 saturated heterocycles. The van der Waals surface area contributed by atoms with E-state index in [9.17, 15) is 19.7 Å². The highest BCUT2D eigenvalue weighted by molar-refractivity contribution is 7.18. The SMILES string of the molecule is CCOC(=O)c1sc(NC(=O)COc2cccnc2[N+](=O)[O-])cc1C. The molecule has 10 heteroatoms. The number of thiophene rings is 1. The van der Waals surface area contributed by atoms with Crippen molar-refractivity contribution in [2.75, 3.05) is 18.5 Å². The fraction of sp³-hybridized carbons (Fsp3) is 0.267. The third-order valence-electron chi connectivity index (χ3n) is 2.92. The molecule has 0 atom stereocenters. The Bertz CT molecular complexity index is 804. The van der Waals surface area contributed by atoms with Crippen LogP contribution in [0.15, 0.2) is 24.4 Å². The average Bonchev–Trinajstić information content (AvgIpc) is 2.93. The second-order valence-electron chi connectivity index (χ2n) is 4.76. The monoisotopic (exact) mass is 365 g/mol. The van der Waals surface area contributed by atoms with Crippen LogP contribution in [0.3, 0.4) is 0 Å². The highest BCUT2D eigenvalue weighted by Crippen LogP contribution is 2.27. The molecule has 0 aliphatic carbocycles. The lowest BCUT2D eigenvalue weighted by Gasteiger charge is -2.06. The maximum absolute atomic E-state index is 11.9. The first kappa shape index (κ1) is 18.3. The molecule has 2 aromatic heterocycles. The number of carbonyl (C=O) groups is 2. The van der Waals surface area contributed by atoms with Crippen LogP contribution < -0.4 is 10.1 Å². The van der Waals surface area contributed by atoms with Crippen LogP contribution in [-0.4, -0.2) is 35.0 Å². The van der Waals surface area contributed by atoms with E-state index in [0.717, 1.165) is 11.3 Å². The van der Waals surface area contributed by atoms with Crippen molar-refractivity contribution in [1.82, 2.24) is 4.98 Å². The van der Waals surface area contributed by atoms with Gasteiger partial charge in [0.2, 0.25) is 5.75 Å². The zero-order chi connectivity index (χ0) is 18.4. The van der Waals surface area contributed by atoms with Crippen molar-refractivity contribution >= 4 is 34.0 Å². The fourth-order valence-corrected chi connectivity index (χ4v) is 2.87. The number of aromatic nitrogens is 1. The summed E-state index contributed by atoms with van der Waals surface area (Å²) in [6, 6.07) is 4.46.